The number of anilines is 2. The van der Waals surface area contributed by atoms with Crippen molar-refractivity contribution in [1.29, 1.82) is 0 Å². The predicted octanol–water partition coefficient (Wildman–Crippen LogP) is 0.683. The van der Waals surface area contributed by atoms with Crippen molar-refractivity contribution in [2.75, 3.05) is 38.3 Å². The van der Waals surface area contributed by atoms with E-state index in [1.54, 1.807) is 6.07 Å². The lowest BCUT2D eigenvalue weighted by molar-refractivity contribution is 0.0682. The highest BCUT2D eigenvalue weighted by molar-refractivity contribution is 5.98. The summed E-state index contributed by atoms with van der Waals surface area (Å²) < 4.78 is 0. The van der Waals surface area contributed by atoms with Gasteiger partial charge in [-0.15, -0.1) is 0 Å². The lowest BCUT2D eigenvalue weighted by atomic mass is 9.75. The molecule has 0 spiro atoms. The van der Waals surface area contributed by atoms with E-state index in [0.29, 0.717) is 11.3 Å². The molecule has 20 heavy (non-hydrogen) atoms. The van der Waals surface area contributed by atoms with Gasteiger partial charge in [0.1, 0.15) is 5.82 Å². The molecule has 0 aromatic carbocycles. The lowest BCUT2D eigenvalue weighted by Gasteiger charge is -2.49. The van der Waals surface area contributed by atoms with Crippen LogP contribution in [0.15, 0.2) is 12.3 Å². The minimum absolute atomic E-state index is 0.199. The fourth-order valence-corrected chi connectivity index (χ4v) is 2.73. The Morgan fingerprint density at radius 2 is 2.05 bits per heavy atom. The van der Waals surface area contributed by atoms with E-state index >= 15 is 0 Å². The van der Waals surface area contributed by atoms with E-state index in [4.69, 9.17) is 11.5 Å². The SMILES string of the molecule is CN(CC1(N(C)C)CCC1)c1cc(C(N)=O)c(N)cn1. The number of aromatic nitrogens is 1. The molecule has 1 fully saturated rings. The maximum absolute atomic E-state index is 11.3. The number of rotatable bonds is 5. The third-order valence-corrected chi connectivity index (χ3v) is 4.34. The van der Waals surface area contributed by atoms with Crippen LogP contribution in [0.3, 0.4) is 0 Å². The highest BCUT2D eigenvalue weighted by atomic mass is 16.1. The average Bonchev–Trinajstić information content (AvgIpc) is 2.33. The first-order chi connectivity index (χ1) is 9.35. The number of carbonyl (C=O) groups excluding carboxylic acids is 1. The van der Waals surface area contributed by atoms with Gasteiger partial charge in [-0.2, -0.15) is 0 Å². The molecule has 1 amide bonds. The van der Waals surface area contributed by atoms with E-state index in [1.165, 1.54) is 25.5 Å². The summed E-state index contributed by atoms with van der Waals surface area (Å²) in [6.07, 6.45) is 5.12. The molecule has 0 atom stereocenters. The van der Waals surface area contributed by atoms with Gasteiger partial charge in [-0.25, -0.2) is 4.98 Å². The van der Waals surface area contributed by atoms with Gasteiger partial charge in [0.2, 0.25) is 0 Å². The second-order valence-electron chi connectivity index (χ2n) is 5.82. The Kier molecular flexibility index (Phi) is 3.85. The Morgan fingerprint density at radius 3 is 2.50 bits per heavy atom. The van der Waals surface area contributed by atoms with Crippen LogP contribution in [0.5, 0.6) is 0 Å². The summed E-state index contributed by atoms with van der Waals surface area (Å²) in [6, 6.07) is 1.67. The molecule has 0 saturated heterocycles. The zero-order chi connectivity index (χ0) is 14.9. The van der Waals surface area contributed by atoms with E-state index in [-0.39, 0.29) is 5.54 Å². The van der Waals surface area contributed by atoms with Crippen LogP contribution in [0.4, 0.5) is 11.5 Å². The number of amides is 1. The number of carbonyl (C=O) groups is 1. The van der Waals surface area contributed by atoms with Crippen LogP contribution in [-0.2, 0) is 0 Å². The molecular formula is C14H23N5O. The molecular weight excluding hydrogens is 254 g/mol. The van der Waals surface area contributed by atoms with Crippen molar-refractivity contribution >= 4 is 17.4 Å². The molecule has 0 aliphatic heterocycles. The van der Waals surface area contributed by atoms with E-state index < -0.39 is 5.91 Å². The van der Waals surface area contributed by atoms with Gasteiger partial charge in [-0.1, -0.05) is 0 Å². The zero-order valence-electron chi connectivity index (χ0n) is 12.4. The number of likely N-dealkylation sites (N-methyl/N-ethyl adjacent to an activating group) is 2. The van der Waals surface area contributed by atoms with Crippen molar-refractivity contribution < 1.29 is 4.79 Å². The third-order valence-electron chi connectivity index (χ3n) is 4.34. The minimum Gasteiger partial charge on any atom is -0.397 e. The molecule has 1 heterocycles. The zero-order valence-corrected chi connectivity index (χ0v) is 12.4. The van der Waals surface area contributed by atoms with Crippen LogP contribution in [-0.4, -0.2) is 49.0 Å². The van der Waals surface area contributed by atoms with Crippen molar-refractivity contribution in [3.05, 3.63) is 17.8 Å². The molecule has 0 bridgehead atoms. The quantitative estimate of drug-likeness (QED) is 0.826. The van der Waals surface area contributed by atoms with Crippen LogP contribution in [0.25, 0.3) is 0 Å². The van der Waals surface area contributed by atoms with Crippen molar-refractivity contribution in [2.24, 2.45) is 5.73 Å². The first-order valence-corrected chi connectivity index (χ1v) is 6.80. The van der Waals surface area contributed by atoms with Gasteiger partial charge in [0.25, 0.3) is 5.91 Å². The number of nitrogen functional groups attached to an aromatic ring is 1. The van der Waals surface area contributed by atoms with Crippen molar-refractivity contribution in [2.45, 2.75) is 24.8 Å². The number of pyridine rings is 1. The normalized spacial score (nSPS) is 16.8. The summed E-state index contributed by atoms with van der Waals surface area (Å²) in [4.78, 5) is 20.0. The minimum atomic E-state index is -0.523. The van der Waals surface area contributed by atoms with Gasteiger partial charge >= 0.3 is 0 Å². The van der Waals surface area contributed by atoms with E-state index in [1.807, 2.05) is 7.05 Å². The van der Waals surface area contributed by atoms with Crippen molar-refractivity contribution in [3.63, 3.8) is 0 Å². The third kappa shape index (κ3) is 2.56. The number of nitrogens with zero attached hydrogens (tertiary/aromatic N) is 3. The topological polar surface area (TPSA) is 88.5 Å². The molecule has 6 heteroatoms. The Bertz CT molecular complexity index is 510. The Hall–Kier alpha value is -1.82. The Labute approximate surface area is 119 Å². The second-order valence-corrected chi connectivity index (χ2v) is 5.82. The summed E-state index contributed by atoms with van der Waals surface area (Å²) in [5.74, 6) is 0.201. The molecule has 6 nitrogen and oxygen atoms in total. The fraction of sp³-hybridized carbons (Fsp3) is 0.571. The lowest BCUT2D eigenvalue weighted by Crippen LogP contribution is -2.56. The largest absolute Gasteiger partial charge is 0.397 e. The van der Waals surface area contributed by atoms with Gasteiger partial charge in [-0.05, 0) is 39.4 Å². The van der Waals surface area contributed by atoms with E-state index in [2.05, 4.69) is 28.9 Å². The maximum Gasteiger partial charge on any atom is 0.250 e. The van der Waals surface area contributed by atoms with Crippen LogP contribution in [0, 0.1) is 0 Å². The summed E-state index contributed by atoms with van der Waals surface area (Å²) in [5.41, 5.74) is 11.9. The summed E-state index contributed by atoms with van der Waals surface area (Å²) in [6.45, 7) is 0.870. The first kappa shape index (κ1) is 14.6. The molecule has 0 radical (unpaired) electrons. The van der Waals surface area contributed by atoms with Crippen LogP contribution in [0.2, 0.25) is 0 Å². The predicted molar refractivity (Wildman–Crippen MR) is 80.7 cm³/mol. The highest BCUT2D eigenvalue weighted by Gasteiger charge is 2.40. The van der Waals surface area contributed by atoms with Crippen LogP contribution >= 0.6 is 0 Å². The molecule has 0 unspecified atom stereocenters. The van der Waals surface area contributed by atoms with Crippen LogP contribution < -0.4 is 16.4 Å². The monoisotopic (exact) mass is 277 g/mol. The van der Waals surface area contributed by atoms with Crippen molar-refractivity contribution in [1.82, 2.24) is 9.88 Å². The number of hydrogen-bond donors (Lipinski definition) is 2. The highest BCUT2D eigenvalue weighted by Crippen LogP contribution is 2.37. The molecule has 1 aliphatic rings. The summed E-state index contributed by atoms with van der Waals surface area (Å²) in [7, 11) is 6.20. The number of nitrogens with two attached hydrogens (primary N) is 2. The molecule has 1 aromatic heterocycles. The van der Waals surface area contributed by atoms with Crippen LogP contribution in [0.1, 0.15) is 29.6 Å². The first-order valence-electron chi connectivity index (χ1n) is 6.80. The molecule has 1 aliphatic carbocycles. The maximum atomic E-state index is 11.3. The van der Waals surface area contributed by atoms with Gasteiger partial charge in [0, 0.05) is 19.1 Å². The summed E-state index contributed by atoms with van der Waals surface area (Å²) >= 11 is 0. The Morgan fingerprint density at radius 1 is 1.40 bits per heavy atom. The average molecular weight is 277 g/mol. The Balaban J connectivity index is 2.19. The van der Waals surface area contributed by atoms with Crippen molar-refractivity contribution in [3.8, 4) is 0 Å². The van der Waals surface area contributed by atoms with Gasteiger partial charge in [0.15, 0.2) is 0 Å². The van der Waals surface area contributed by atoms with E-state index in [9.17, 15) is 4.79 Å². The molecule has 110 valence electrons. The smallest absolute Gasteiger partial charge is 0.250 e. The molecule has 2 rings (SSSR count). The molecule has 4 N–H and O–H groups in total. The fourth-order valence-electron chi connectivity index (χ4n) is 2.73. The standard InChI is InChI=1S/C14H23N5O/c1-18(2)14(5-4-6-14)9-19(3)12-7-10(13(16)20)11(15)8-17-12/h7-8H,4-6,9,15H2,1-3H3,(H2,16,20). The van der Waals surface area contributed by atoms with Gasteiger partial charge < -0.3 is 21.3 Å². The number of primary amides is 1. The molecule has 1 aromatic rings. The number of hydrogen-bond acceptors (Lipinski definition) is 5. The van der Waals surface area contributed by atoms with E-state index in [0.717, 1.165) is 12.4 Å². The second kappa shape index (κ2) is 5.28. The summed E-state index contributed by atoms with van der Waals surface area (Å²) in [5, 5.41) is 0. The van der Waals surface area contributed by atoms with Gasteiger partial charge in [-0.3, -0.25) is 4.79 Å². The molecule has 1 saturated carbocycles. The van der Waals surface area contributed by atoms with Gasteiger partial charge in [0.05, 0.1) is 17.4 Å².